The van der Waals surface area contributed by atoms with E-state index in [2.05, 4.69) is 15.9 Å². The van der Waals surface area contributed by atoms with Crippen LogP contribution in [0, 0.1) is 0 Å². The quantitative estimate of drug-likeness (QED) is 0.497. The molecule has 0 radical (unpaired) electrons. The lowest BCUT2D eigenvalue weighted by molar-refractivity contribution is -0.137. The van der Waals surface area contributed by atoms with Crippen molar-refractivity contribution in [3.8, 4) is 0 Å². The van der Waals surface area contributed by atoms with Gasteiger partial charge >= 0.3 is 6.18 Å². The van der Waals surface area contributed by atoms with Crippen molar-refractivity contribution in [2.24, 2.45) is 5.84 Å². The zero-order valence-corrected chi connectivity index (χ0v) is 10.6. The van der Waals surface area contributed by atoms with E-state index in [1.807, 2.05) is 5.43 Å². The Balaban J connectivity index is 3.15. The summed E-state index contributed by atoms with van der Waals surface area (Å²) >= 11 is 8.63. The van der Waals surface area contributed by atoms with E-state index in [-0.39, 0.29) is 21.5 Å². The number of nitrogens with two attached hydrogens (primary N) is 1. The van der Waals surface area contributed by atoms with Gasteiger partial charge in [0.1, 0.15) is 0 Å². The van der Waals surface area contributed by atoms with E-state index in [1.54, 1.807) is 0 Å². The first-order valence-corrected chi connectivity index (χ1v) is 5.47. The van der Waals surface area contributed by atoms with Gasteiger partial charge in [-0.15, -0.1) is 0 Å². The molecule has 1 aromatic rings. The number of hydrogen-bond acceptors (Lipinski definition) is 2. The van der Waals surface area contributed by atoms with Crippen molar-refractivity contribution in [3.63, 3.8) is 0 Å². The molecule has 8 heteroatoms. The molecule has 3 nitrogen and oxygen atoms in total. The van der Waals surface area contributed by atoms with Gasteiger partial charge in [-0.05, 0) is 17.7 Å². The topological polar surface area (TPSA) is 55.1 Å². The fraction of sp³-hybridized carbons (Fsp3) is 0.222. The molecule has 0 aliphatic rings. The van der Waals surface area contributed by atoms with Gasteiger partial charge in [-0.2, -0.15) is 13.2 Å². The number of alkyl halides is 3. The van der Waals surface area contributed by atoms with Crippen LogP contribution >= 0.6 is 27.5 Å². The highest BCUT2D eigenvalue weighted by molar-refractivity contribution is 9.10. The van der Waals surface area contributed by atoms with Gasteiger partial charge in [0.05, 0.1) is 12.0 Å². The number of halogens is 5. The van der Waals surface area contributed by atoms with E-state index in [0.717, 1.165) is 12.1 Å². The second-order valence-electron chi connectivity index (χ2n) is 3.16. The molecule has 0 aliphatic heterocycles. The molecule has 1 rings (SSSR count). The highest BCUT2D eigenvalue weighted by atomic mass is 79.9. The van der Waals surface area contributed by atoms with E-state index < -0.39 is 17.6 Å². The Morgan fingerprint density at radius 1 is 1.47 bits per heavy atom. The van der Waals surface area contributed by atoms with Gasteiger partial charge in [-0.25, -0.2) is 5.84 Å². The molecular formula is C9H7BrClF3N2O. The summed E-state index contributed by atoms with van der Waals surface area (Å²) in [6.45, 7) is 0. The van der Waals surface area contributed by atoms with E-state index in [0.29, 0.717) is 0 Å². The molecule has 1 amide bonds. The number of rotatable bonds is 2. The fourth-order valence-corrected chi connectivity index (χ4v) is 2.15. The van der Waals surface area contributed by atoms with Crippen molar-refractivity contribution < 1.29 is 18.0 Å². The molecule has 0 atom stereocenters. The molecule has 0 saturated heterocycles. The third-order valence-corrected chi connectivity index (χ3v) is 3.01. The maximum atomic E-state index is 12.4. The zero-order valence-electron chi connectivity index (χ0n) is 8.24. The number of carbonyl (C=O) groups excluding carboxylic acids is 1. The van der Waals surface area contributed by atoms with Crippen LogP contribution in [0.25, 0.3) is 0 Å². The number of amides is 1. The fourth-order valence-electron chi connectivity index (χ4n) is 1.15. The summed E-state index contributed by atoms with van der Waals surface area (Å²) in [5, 5.41) is -0.143. The van der Waals surface area contributed by atoms with Crippen molar-refractivity contribution in [1.82, 2.24) is 5.43 Å². The lowest BCUT2D eigenvalue weighted by Crippen LogP contribution is -2.31. The maximum absolute atomic E-state index is 12.4. The Bertz CT molecular complexity index is 427. The van der Waals surface area contributed by atoms with Crippen LogP contribution in [0.15, 0.2) is 16.6 Å². The molecule has 0 heterocycles. The van der Waals surface area contributed by atoms with Crippen molar-refractivity contribution >= 4 is 33.4 Å². The molecule has 3 N–H and O–H groups in total. The van der Waals surface area contributed by atoms with E-state index in [1.165, 1.54) is 0 Å². The van der Waals surface area contributed by atoms with Crippen molar-refractivity contribution in [2.45, 2.75) is 12.6 Å². The molecule has 0 spiro atoms. The van der Waals surface area contributed by atoms with Crippen LogP contribution in [-0.2, 0) is 17.4 Å². The van der Waals surface area contributed by atoms with Gasteiger partial charge in [0, 0.05) is 9.50 Å². The SMILES string of the molecule is NNC(=O)Cc1c(Cl)cc(C(F)(F)F)cc1Br. The third-order valence-electron chi connectivity index (χ3n) is 1.97. The lowest BCUT2D eigenvalue weighted by Gasteiger charge is -2.11. The highest BCUT2D eigenvalue weighted by Crippen LogP contribution is 2.36. The Morgan fingerprint density at radius 2 is 2.06 bits per heavy atom. The second-order valence-corrected chi connectivity index (χ2v) is 4.42. The summed E-state index contributed by atoms with van der Waals surface area (Å²) in [4.78, 5) is 11.0. The molecule has 17 heavy (non-hydrogen) atoms. The van der Waals surface area contributed by atoms with Crippen LogP contribution in [0.4, 0.5) is 13.2 Å². The summed E-state index contributed by atoms with van der Waals surface area (Å²) in [6, 6.07) is 1.64. The Kier molecular flexibility index (Phi) is 4.40. The standard InChI is InChI=1S/C9H7BrClF3N2O/c10-6-1-4(9(12,13)14)2-7(11)5(6)3-8(17)16-15/h1-2H,3,15H2,(H,16,17). The second kappa shape index (κ2) is 5.24. The van der Waals surface area contributed by atoms with Crippen LogP contribution in [0.2, 0.25) is 5.02 Å². The first-order valence-electron chi connectivity index (χ1n) is 4.30. The monoisotopic (exact) mass is 330 g/mol. The predicted molar refractivity (Wildman–Crippen MR) is 60.2 cm³/mol. The van der Waals surface area contributed by atoms with Crippen LogP contribution < -0.4 is 11.3 Å². The molecular weight excluding hydrogens is 324 g/mol. The first-order chi connectivity index (χ1) is 7.75. The van der Waals surface area contributed by atoms with Gasteiger partial charge in [0.2, 0.25) is 5.91 Å². The molecule has 0 unspecified atom stereocenters. The van der Waals surface area contributed by atoms with Crippen LogP contribution in [0.5, 0.6) is 0 Å². The summed E-state index contributed by atoms with van der Waals surface area (Å²) in [7, 11) is 0. The van der Waals surface area contributed by atoms with Crippen molar-refractivity contribution in [1.29, 1.82) is 0 Å². The minimum atomic E-state index is -4.49. The maximum Gasteiger partial charge on any atom is 0.416 e. The smallest absolute Gasteiger partial charge is 0.294 e. The van der Waals surface area contributed by atoms with Gasteiger partial charge in [0.25, 0.3) is 0 Å². The highest BCUT2D eigenvalue weighted by Gasteiger charge is 2.32. The normalized spacial score (nSPS) is 11.4. The van der Waals surface area contributed by atoms with Crippen LogP contribution in [-0.4, -0.2) is 5.91 Å². The van der Waals surface area contributed by atoms with Crippen LogP contribution in [0.1, 0.15) is 11.1 Å². The summed E-state index contributed by atoms with van der Waals surface area (Å²) in [5.41, 5.74) is 1.24. The van der Waals surface area contributed by atoms with E-state index in [4.69, 9.17) is 17.4 Å². The first kappa shape index (κ1) is 14.3. The molecule has 0 aromatic heterocycles. The molecule has 1 aromatic carbocycles. The van der Waals surface area contributed by atoms with Gasteiger partial charge in [-0.3, -0.25) is 10.2 Å². The average Bonchev–Trinajstić information content (AvgIpc) is 2.21. The molecule has 0 fully saturated rings. The molecule has 0 saturated carbocycles. The Morgan fingerprint density at radius 3 is 2.47 bits per heavy atom. The summed E-state index contributed by atoms with van der Waals surface area (Å²) in [6.07, 6.45) is -4.69. The zero-order chi connectivity index (χ0) is 13.2. The van der Waals surface area contributed by atoms with E-state index >= 15 is 0 Å². The number of hydrogen-bond donors (Lipinski definition) is 2. The minimum absolute atomic E-state index is 0.112. The van der Waals surface area contributed by atoms with Gasteiger partial charge in [-0.1, -0.05) is 27.5 Å². The average molecular weight is 332 g/mol. The Hall–Kier alpha value is -0.790. The molecule has 94 valence electrons. The predicted octanol–water partition coefficient (Wildman–Crippen LogP) is 2.65. The number of nitrogens with one attached hydrogen (secondary N) is 1. The summed E-state index contributed by atoms with van der Waals surface area (Å²) < 4.78 is 37.4. The minimum Gasteiger partial charge on any atom is -0.294 e. The lowest BCUT2D eigenvalue weighted by atomic mass is 10.1. The largest absolute Gasteiger partial charge is 0.416 e. The van der Waals surface area contributed by atoms with Gasteiger partial charge < -0.3 is 0 Å². The number of hydrazine groups is 1. The van der Waals surface area contributed by atoms with Crippen molar-refractivity contribution in [3.05, 3.63) is 32.8 Å². The van der Waals surface area contributed by atoms with E-state index in [9.17, 15) is 18.0 Å². The van der Waals surface area contributed by atoms with Crippen LogP contribution in [0.3, 0.4) is 0 Å². The number of benzene rings is 1. The number of carbonyl (C=O) groups is 1. The molecule has 0 bridgehead atoms. The summed E-state index contributed by atoms with van der Waals surface area (Å²) in [5.74, 6) is 4.33. The molecule has 0 aliphatic carbocycles. The Labute approximate surface area is 108 Å². The van der Waals surface area contributed by atoms with Gasteiger partial charge in [0.15, 0.2) is 0 Å². The van der Waals surface area contributed by atoms with Crippen molar-refractivity contribution in [2.75, 3.05) is 0 Å². The third kappa shape index (κ3) is 3.58.